The molecule has 0 aliphatic carbocycles. The number of nitrogens with zero attached hydrogens (tertiary/aromatic N) is 4. The molecular formula is C19H17N5O2S. The van der Waals surface area contributed by atoms with Gasteiger partial charge in [0.1, 0.15) is 23.0 Å². The van der Waals surface area contributed by atoms with Crippen LogP contribution < -0.4 is 10.1 Å². The Hall–Kier alpha value is -3.26. The Balaban J connectivity index is 1.51. The number of aryl methyl sites for hydroxylation is 2. The molecule has 27 heavy (non-hydrogen) atoms. The molecule has 8 heteroatoms. The highest BCUT2D eigenvalue weighted by Gasteiger charge is 2.15. The average Bonchev–Trinajstić information content (AvgIpc) is 3.25. The van der Waals surface area contributed by atoms with Gasteiger partial charge in [-0.05, 0) is 37.6 Å². The van der Waals surface area contributed by atoms with Gasteiger partial charge in [0.15, 0.2) is 0 Å². The van der Waals surface area contributed by atoms with Crippen LogP contribution in [0, 0.1) is 13.8 Å². The summed E-state index contributed by atoms with van der Waals surface area (Å²) in [6, 6.07) is 11.1. The van der Waals surface area contributed by atoms with Crippen LogP contribution in [0.3, 0.4) is 0 Å². The van der Waals surface area contributed by atoms with E-state index in [4.69, 9.17) is 4.74 Å². The van der Waals surface area contributed by atoms with E-state index in [9.17, 15) is 4.79 Å². The van der Waals surface area contributed by atoms with Gasteiger partial charge in [0.2, 0.25) is 5.13 Å². The van der Waals surface area contributed by atoms with Gasteiger partial charge in [0.05, 0.1) is 11.3 Å². The summed E-state index contributed by atoms with van der Waals surface area (Å²) in [6.45, 7) is 4.13. The van der Waals surface area contributed by atoms with Crippen molar-refractivity contribution in [3.8, 4) is 5.75 Å². The molecule has 136 valence electrons. The van der Waals surface area contributed by atoms with Gasteiger partial charge in [-0.1, -0.05) is 29.5 Å². The van der Waals surface area contributed by atoms with Crippen LogP contribution >= 0.6 is 11.3 Å². The largest absolute Gasteiger partial charge is 0.486 e. The molecule has 0 radical (unpaired) electrons. The third-order valence-corrected chi connectivity index (χ3v) is 4.66. The van der Waals surface area contributed by atoms with Gasteiger partial charge in [0, 0.05) is 12.4 Å². The van der Waals surface area contributed by atoms with E-state index in [2.05, 4.69) is 20.5 Å². The van der Waals surface area contributed by atoms with Gasteiger partial charge >= 0.3 is 0 Å². The first-order valence-corrected chi connectivity index (χ1v) is 9.18. The fourth-order valence-corrected chi connectivity index (χ4v) is 3.26. The molecule has 0 unspecified atom stereocenters. The van der Waals surface area contributed by atoms with Crippen molar-refractivity contribution in [1.29, 1.82) is 0 Å². The zero-order valence-electron chi connectivity index (χ0n) is 14.8. The number of benzene rings is 1. The third kappa shape index (κ3) is 3.80. The maximum atomic E-state index is 12.6. The molecule has 0 fully saturated rings. The van der Waals surface area contributed by atoms with Crippen molar-refractivity contribution < 1.29 is 9.53 Å². The molecule has 3 heterocycles. The van der Waals surface area contributed by atoms with E-state index in [1.54, 1.807) is 18.2 Å². The van der Waals surface area contributed by atoms with Gasteiger partial charge in [-0.15, -0.1) is 10.2 Å². The molecule has 4 aromatic rings. The Morgan fingerprint density at radius 3 is 2.81 bits per heavy atom. The van der Waals surface area contributed by atoms with Crippen LogP contribution in [0.2, 0.25) is 0 Å². The van der Waals surface area contributed by atoms with Gasteiger partial charge in [0.25, 0.3) is 5.91 Å². The van der Waals surface area contributed by atoms with Crippen LogP contribution in [-0.4, -0.2) is 25.5 Å². The lowest BCUT2D eigenvalue weighted by molar-refractivity contribution is 0.102. The van der Waals surface area contributed by atoms with Crippen LogP contribution in [0.5, 0.6) is 5.75 Å². The molecule has 1 amide bonds. The standard InChI is InChI=1S/C19H17N5O2S/c1-12-7-8-17-20-14(10-24(17)9-12)11-26-16-6-4-3-5-15(16)18(25)21-19-23-22-13(2)27-19/h3-10H,11H2,1-2H3,(H,21,23,25). The fourth-order valence-electron chi connectivity index (χ4n) is 2.67. The minimum atomic E-state index is -0.285. The number of aromatic nitrogens is 4. The summed E-state index contributed by atoms with van der Waals surface area (Å²) >= 11 is 1.32. The lowest BCUT2D eigenvalue weighted by Crippen LogP contribution is -2.13. The minimum Gasteiger partial charge on any atom is -0.486 e. The molecule has 0 saturated heterocycles. The summed E-state index contributed by atoms with van der Waals surface area (Å²) in [4.78, 5) is 17.1. The summed E-state index contributed by atoms with van der Waals surface area (Å²) < 4.78 is 7.84. The first-order valence-electron chi connectivity index (χ1n) is 8.36. The zero-order valence-corrected chi connectivity index (χ0v) is 15.7. The maximum absolute atomic E-state index is 12.6. The number of ether oxygens (including phenoxy) is 1. The Labute approximate surface area is 159 Å². The minimum absolute atomic E-state index is 0.267. The first-order chi connectivity index (χ1) is 13.1. The van der Waals surface area contributed by atoms with Crippen LogP contribution in [0.4, 0.5) is 5.13 Å². The van der Waals surface area contributed by atoms with Crippen molar-refractivity contribution in [1.82, 2.24) is 19.6 Å². The van der Waals surface area contributed by atoms with E-state index in [1.165, 1.54) is 11.3 Å². The smallest absolute Gasteiger partial charge is 0.261 e. The predicted octanol–water partition coefficient (Wildman–Crippen LogP) is 3.63. The molecule has 0 atom stereocenters. The molecular weight excluding hydrogens is 362 g/mol. The number of carbonyl (C=O) groups excluding carboxylic acids is 1. The number of hydrogen-bond acceptors (Lipinski definition) is 6. The predicted molar refractivity (Wildman–Crippen MR) is 103 cm³/mol. The second kappa shape index (κ2) is 7.16. The second-order valence-electron chi connectivity index (χ2n) is 6.07. The number of carbonyl (C=O) groups is 1. The Kier molecular flexibility index (Phi) is 4.55. The molecule has 0 aliphatic heterocycles. The van der Waals surface area contributed by atoms with Crippen LogP contribution in [0.15, 0.2) is 48.8 Å². The zero-order chi connectivity index (χ0) is 18.8. The first kappa shape index (κ1) is 17.2. The normalized spacial score (nSPS) is 10.9. The Morgan fingerprint density at radius 2 is 2.00 bits per heavy atom. The number of para-hydroxylation sites is 1. The summed E-state index contributed by atoms with van der Waals surface area (Å²) in [7, 11) is 0. The molecule has 0 saturated carbocycles. The van der Waals surface area contributed by atoms with Crippen molar-refractivity contribution >= 4 is 28.0 Å². The number of pyridine rings is 1. The topological polar surface area (TPSA) is 81.4 Å². The number of hydrogen-bond donors (Lipinski definition) is 1. The maximum Gasteiger partial charge on any atom is 0.261 e. The van der Waals surface area contributed by atoms with Gasteiger partial charge in [-0.3, -0.25) is 10.1 Å². The molecule has 0 bridgehead atoms. The number of imidazole rings is 1. The monoisotopic (exact) mass is 379 g/mol. The lowest BCUT2D eigenvalue weighted by Gasteiger charge is -2.09. The fraction of sp³-hybridized carbons (Fsp3) is 0.158. The summed E-state index contributed by atoms with van der Waals surface area (Å²) in [5.74, 6) is 0.205. The van der Waals surface area contributed by atoms with Crippen LogP contribution in [0.1, 0.15) is 26.6 Å². The lowest BCUT2D eigenvalue weighted by atomic mass is 10.2. The SMILES string of the molecule is Cc1ccc2nc(COc3ccccc3C(=O)Nc3nnc(C)s3)cn2c1. The Bertz CT molecular complexity index is 1120. The van der Waals surface area contributed by atoms with Crippen molar-refractivity contribution in [2.75, 3.05) is 5.32 Å². The van der Waals surface area contributed by atoms with E-state index in [0.717, 1.165) is 21.9 Å². The third-order valence-electron chi connectivity index (χ3n) is 3.90. The van der Waals surface area contributed by atoms with E-state index >= 15 is 0 Å². The number of anilines is 1. The Morgan fingerprint density at radius 1 is 1.15 bits per heavy atom. The summed E-state index contributed by atoms with van der Waals surface area (Å²) in [6.07, 6.45) is 3.94. The highest BCUT2D eigenvalue weighted by Crippen LogP contribution is 2.22. The van der Waals surface area contributed by atoms with Crippen LogP contribution in [0.25, 0.3) is 5.65 Å². The van der Waals surface area contributed by atoms with Gasteiger partial charge in [-0.25, -0.2) is 4.98 Å². The number of nitrogens with one attached hydrogen (secondary N) is 1. The highest BCUT2D eigenvalue weighted by molar-refractivity contribution is 7.15. The highest BCUT2D eigenvalue weighted by atomic mass is 32.1. The molecule has 3 aromatic heterocycles. The number of fused-ring (bicyclic) bond motifs is 1. The quantitative estimate of drug-likeness (QED) is 0.573. The summed E-state index contributed by atoms with van der Waals surface area (Å²) in [5, 5.41) is 11.8. The van der Waals surface area contributed by atoms with Gasteiger partial charge < -0.3 is 9.14 Å². The van der Waals surface area contributed by atoms with E-state index in [1.807, 2.05) is 48.8 Å². The van der Waals surface area contributed by atoms with Gasteiger partial charge in [-0.2, -0.15) is 0 Å². The second-order valence-corrected chi connectivity index (χ2v) is 7.25. The molecule has 0 aliphatic rings. The molecule has 1 aromatic carbocycles. The van der Waals surface area contributed by atoms with E-state index in [0.29, 0.717) is 16.4 Å². The van der Waals surface area contributed by atoms with E-state index in [-0.39, 0.29) is 12.5 Å². The van der Waals surface area contributed by atoms with Crippen molar-refractivity contribution in [3.63, 3.8) is 0 Å². The van der Waals surface area contributed by atoms with Crippen molar-refractivity contribution in [2.45, 2.75) is 20.5 Å². The molecule has 1 N–H and O–H groups in total. The number of rotatable bonds is 5. The van der Waals surface area contributed by atoms with Crippen molar-refractivity contribution in [2.24, 2.45) is 0 Å². The number of amides is 1. The van der Waals surface area contributed by atoms with Crippen molar-refractivity contribution in [3.05, 3.63) is 70.6 Å². The molecule has 0 spiro atoms. The van der Waals surface area contributed by atoms with E-state index < -0.39 is 0 Å². The molecule has 4 rings (SSSR count). The summed E-state index contributed by atoms with van der Waals surface area (Å²) in [5.41, 5.74) is 3.23. The van der Waals surface area contributed by atoms with Crippen LogP contribution in [-0.2, 0) is 6.61 Å². The molecule has 7 nitrogen and oxygen atoms in total. The average molecular weight is 379 g/mol.